The first kappa shape index (κ1) is 12.4. The Bertz CT molecular complexity index is 248. The highest BCUT2D eigenvalue weighted by atomic mass is 32.2. The zero-order valence-corrected chi connectivity index (χ0v) is 8.78. The van der Waals surface area contributed by atoms with E-state index in [1.165, 1.54) is 0 Å². The highest BCUT2D eigenvalue weighted by Crippen LogP contribution is 1.79. The Morgan fingerprint density at radius 3 is 2.46 bits per heavy atom. The molecule has 0 saturated carbocycles. The van der Waals surface area contributed by atoms with Crippen LogP contribution in [0.5, 0.6) is 0 Å². The van der Waals surface area contributed by atoms with Crippen molar-refractivity contribution in [2.45, 2.75) is 6.92 Å². The Labute approximate surface area is 78.8 Å². The largest absolute Gasteiger partial charge is 0.354 e. The minimum absolute atomic E-state index is 0.00906. The van der Waals surface area contributed by atoms with Gasteiger partial charge in [0, 0.05) is 12.8 Å². The van der Waals surface area contributed by atoms with E-state index in [0.29, 0.717) is 0 Å². The van der Waals surface area contributed by atoms with Crippen LogP contribution in [0.25, 0.3) is 0 Å². The molecule has 0 rings (SSSR count). The summed E-state index contributed by atoms with van der Waals surface area (Å²) in [5.41, 5.74) is 0. The molecule has 13 heavy (non-hydrogen) atoms. The SMILES string of the molecule is CCNCC(=O)NCCS(C)(=O)=O. The van der Waals surface area contributed by atoms with E-state index in [4.69, 9.17) is 0 Å². The van der Waals surface area contributed by atoms with Gasteiger partial charge in [-0.3, -0.25) is 4.79 Å². The molecule has 0 unspecified atom stereocenters. The van der Waals surface area contributed by atoms with Gasteiger partial charge in [-0.05, 0) is 6.54 Å². The summed E-state index contributed by atoms with van der Waals surface area (Å²) in [5.74, 6) is -0.185. The number of likely N-dealkylation sites (N-methyl/N-ethyl adjacent to an activating group) is 1. The van der Waals surface area contributed by atoms with Gasteiger partial charge in [0.15, 0.2) is 0 Å². The van der Waals surface area contributed by atoms with Crippen molar-refractivity contribution in [3.63, 3.8) is 0 Å². The lowest BCUT2D eigenvalue weighted by molar-refractivity contribution is -0.120. The predicted octanol–water partition coefficient (Wildman–Crippen LogP) is -1.24. The summed E-state index contributed by atoms with van der Waals surface area (Å²) in [6.07, 6.45) is 1.14. The molecule has 0 aliphatic carbocycles. The Kier molecular flexibility index (Phi) is 5.65. The monoisotopic (exact) mass is 208 g/mol. The Morgan fingerprint density at radius 1 is 1.38 bits per heavy atom. The van der Waals surface area contributed by atoms with E-state index < -0.39 is 9.84 Å². The van der Waals surface area contributed by atoms with Crippen molar-refractivity contribution in [1.82, 2.24) is 10.6 Å². The second kappa shape index (κ2) is 5.93. The van der Waals surface area contributed by atoms with Crippen LogP contribution in [0.4, 0.5) is 0 Å². The van der Waals surface area contributed by atoms with Crippen LogP contribution in [-0.4, -0.2) is 46.0 Å². The average Bonchev–Trinajstić information content (AvgIpc) is 1.98. The molecule has 78 valence electrons. The van der Waals surface area contributed by atoms with Gasteiger partial charge < -0.3 is 10.6 Å². The lowest BCUT2D eigenvalue weighted by Crippen LogP contribution is -2.36. The van der Waals surface area contributed by atoms with Gasteiger partial charge >= 0.3 is 0 Å². The van der Waals surface area contributed by atoms with E-state index >= 15 is 0 Å². The molecule has 0 fully saturated rings. The van der Waals surface area contributed by atoms with Crippen LogP contribution in [0.2, 0.25) is 0 Å². The lowest BCUT2D eigenvalue weighted by atomic mass is 10.5. The normalized spacial score (nSPS) is 11.2. The molecule has 0 saturated heterocycles. The number of amides is 1. The van der Waals surface area contributed by atoms with Crippen molar-refractivity contribution < 1.29 is 13.2 Å². The van der Waals surface area contributed by atoms with Crippen molar-refractivity contribution in [2.24, 2.45) is 0 Å². The van der Waals surface area contributed by atoms with Crippen LogP contribution >= 0.6 is 0 Å². The summed E-state index contributed by atoms with van der Waals surface area (Å²) in [5, 5.41) is 5.33. The molecule has 0 aliphatic heterocycles. The van der Waals surface area contributed by atoms with Crippen LogP contribution in [0.3, 0.4) is 0 Å². The topological polar surface area (TPSA) is 75.3 Å². The lowest BCUT2D eigenvalue weighted by Gasteiger charge is -2.03. The predicted molar refractivity (Wildman–Crippen MR) is 51.3 cm³/mol. The van der Waals surface area contributed by atoms with Gasteiger partial charge in [0.2, 0.25) is 5.91 Å². The van der Waals surface area contributed by atoms with E-state index in [-0.39, 0.29) is 24.7 Å². The molecule has 0 bridgehead atoms. The molecule has 0 heterocycles. The summed E-state index contributed by atoms with van der Waals surface area (Å²) < 4.78 is 21.3. The van der Waals surface area contributed by atoms with Gasteiger partial charge in [0.25, 0.3) is 0 Å². The van der Waals surface area contributed by atoms with E-state index in [0.717, 1.165) is 12.8 Å². The van der Waals surface area contributed by atoms with E-state index in [9.17, 15) is 13.2 Å². The third-order valence-electron chi connectivity index (χ3n) is 1.33. The Hall–Kier alpha value is -0.620. The molecule has 0 aromatic rings. The molecule has 0 aromatic heterocycles. The van der Waals surface area contributed by atoms with Crippen molar-refractivity contribution in [2.75, 3.05) is 31.6 Å². The Balaban J connectivity index is 3.49. The molecule has 0 aromatic carbocycles. The fourth-order valence-corrected chi connectivity index (χ4v) is 1.15. The van der Waals surface area contributed by atoms with Crippen molar-refractivity contribution in [3.8, 4) is 0 Å². The van der Waals surface area contributed by atoms with Crippen LogP contribution in [-0.2, 0) is 14.6 Å². The minimum Gasteiger partial charge on any atom is -0.354 e. The van der Waals surface area contributed by atoms with Crippen molar-refractivity contribution in [3.05, 3.63) is 0 Å². The quantitative estimate of drug-likeness (QED) is 0.572. The molecular weight excluding hydrogens is 192 g/mol. The third-order valence-corrected chi connectivity index (χ3v) is 2.28. The van der Waals surface area contributed by atoms with Gasteiger partial charge in [0.05, 0.1) is 12.3 Å². The summed E-state index contributed by atoms with van der Waals surface area (Å²) in [6.45, 7) is 3.03. The van der Waals surface area contributed by atoms with Crippen molar-refractivity contribution in [1.29, 1.82) is 0 Å². The number of carbonyl (C=O) groups excluding carboxylic acids is 1. The van der Waals surface area contributed by atoms with Crippen LogP contribution < -0.4 is 10.6 Å². The smallest absolute Gasteiger partial charge is 0.233 e. The fourth-order valence-electron chi connectivity index (χ4n) is 0.677. The number of carbonyl (C=O) groups is 1. The van der Waals surface area contributed by atoms with Gasteiger partial charge in [-0.1, -0.05) is 6.92 Å². The van der Waals surface area contributed by atoms with E-state index in [1.807, 2.05) is 6.92 Å². The summed E-state index contributed by atoms with van der Waals surface area (Å²) in [4.78, 5) is 10.9. The molecule has 0 atom stereocenters. The van der Waals surface area contributed by atoms with Gasteiger partial charge in [-0.25, -0.2) is 8.42 Å². The Morgan fingerprint density at radius 2 is 2.00 bits per heavy atom. The molecule has 2 N–H and O–H groups in total. The number of rotatable bonds is 6. The summed E-state index contributed by atoms with van der Waals surface area (Å²) >= 11 is 0. The number of nitrogens with one attached hydrogen (secondary N) is 2. The summed E-state index contributed by atoms with van der Waals surface area (Å²) in [7, 11) is -2.98. The average molecular weight is 208 g/mol. The number of hydrogen-bond acceptors (Lipinski definition) is 4. The maximum absolute atomic E-state index is 10.9. The second-order valence-electron chi connectivity index (χ2n) is 2.76. The number of sulfone groups is 1. The third kappa shape index (κ3) is 9.29. The van der Waals surface area contributed by atoms with E-state index in [2.05, 4.69) is 10.6 Å². The number of hydrogen-bond donors (Lipinski definition) is 2. The second-order valence-corrected chi connectivity index (χ2v) is 5.02. The molecular formula is C7H16N2O3S. The maximum atomic E-state index is 10.9. The van der Waals surface area contributed by atoms with Crippen LogP contribution in [0.1, 0.15) is 6.92 Å². The van der Waals surface area contributed by atoms with Crippen LogP contribution in [0, 0.1) is 0 Å². The zero-order valence-electron chi connectivity index (χ0n) is 7.96. The standard InChI is InChI=1S/C7H16N2O3S/c1-3-8-6-7(10)9-4-5-13(2,11)12/h8H,3-6H2,1-2H3,(H,9,10). The first-order valence-corrected chi connectivity index (χ1v) is 6.17. The van der Waals surface area contributed by atoms with Crippen LogP contribution in [0.15, 0.2) is 0 Å². The molecule has 5 nitrogen and oxygen atoms in total. The van der Waals surface area contributed by atoms with E-state index in [1.54, 1.807) is 0 Å². The molecule has 1 amide bonds. The molecule has 0 spiro atoms. The maximum Gasteiger partial charge on any atom is 0.233 e. The molecule has 0 aliphatic rings. The minimum atomic E-state index is -2.98. The first-order chi connectivity index (χ1) is 5.95. The first-order valence-electron chi connectivity index (χ1n) is 4.11. The fraction of sp³-hybridized carbons (Fsp3) is 0.857. The molecule has 0 radical (unpaired) electrons. The van der Waals surface area contributed by atoms with Gasteiger partial charge in [0.1, 0.15) is 9.84 Å². The van der Waals surface area contributed by atoms with Crippen molar-refractivity contribution >= 4 is 15.7 Å². The highest BCUT2D eigenvalue weighted by molar-refractivity contribution is 7.90. The zero-order chi connectivity index (χ0) is 10.3. The van der Waals surface area contributed by atoms with Gasteiger partial charge in [-0.2, -0.15) is 0 Å². The highest BCUT2D eigenvalue weighted by Gasteiger charge is 2.03. The summed E-state index contributed by atoms with van der Waals surface area (Å²) in [6, 6.07) is 0. The van der Waals surface area contributed by atoms with Gasteiger partial charge in [-0.15, -0.1) is 0 Å². The molecule has 6 heteroatoms.